The van der Waals surface area contributed by atoms with Gasteiger partial charge in [0.2, 0.25) is 0 Å². The van der Waals surface area contributed by atoms with Crippen molar-refractivity contribution in [2.75, 3.05) is 10.6 Å². The number of halogens is 1. The summed E-state index contributed by atoms with van der Waals surface area (Å²) in [5.41, 5.74) is 3.26. The molecule has 2 aromatic heterocycles. The minimum atomic E-state index is 0.665. The molecule has 0 aliphatic carbocycles. The Morgan fingerprint density at radius 3 is 2.74 bits per heavy atom. The molecule has 0 aliphatic rings. The van der Waals surface area contributed by atoms with Crippen LogP contribution < -0.4 is 10.6 Å². The average Bonchev–Trinajstić information content (AvgIpc) is 2.57. The Morgan fingerprint density at radius 2 is 1.96 bits per heavy atom. The van der Waals surface area contributed by atoms with Crippen LogP contribution in [0.1, 0.15) is 11.1 Å². The van der Waals surface area contributed by atoms with Crippen LogP contribution in [0.3, 0.4) is 0 Å². The molecule has 0 spiro atoms. The van der Waals surface area contributed by atoms with Crippen LogP contribution in [-0.4, -0.2) is 15.0 Å². The number of nitrogens with one attached hydrogen (secondary N) is 2. The van der Waals surface area contributed by atoms with E-state index in [0.29, 0.717) is 6.54 Å². The third-order valence-corrected chi connectivity index (χ3v) is 3.91. The topological polar surface area (TPSA) is 62.7 Å². The van der Waals surface area contributed by atoms with Gasteiger partial charge in [0, 0.05) is 29.5 Å². The fourth-order valence-electron chi connectivity index (χ4n) is 2.08. The van der Waals surface area contributed by atoms with Crippen LogP contribution in [0.5, 0.6) is 0 Å². The molecule has 0 bridgehead atoms. The first-order chi connectivity index (χ1) is 11.2. The Hall–Kier alpha value is -2.47. The van der Waals surface area contributed by atoms with Crippen LogP contribution in [0, 0.1) is 6.92 Å². The van der Waals surface area contributed by atoms with E-state index in [1.807, 2.05) is 30.5 Å². The van der Waals surface area contributed by atoms with E-state index in [1.165, 1.54) is 11.9 Å². The van der Waals surface area contributed by atoms with E-state index in [1.54, 1.807) is 6.20 Å². The van der Waals surface area contributed by atoms with Gasteiger partial charge in [-0.05, 0) is 52.2 Å². The van der Waals surface area contributed by atoms with E-state index in [4.69, 9.17) is 0 Å². The van der Waals surface area contributed by atoms with Crippen LogP contribution >= 0.6 is 15.9 Å². The van der Waals surface area contributed by atoms with Crippen molar-refractivity contribution < 1.29 is 0 Å². The Bertz CT molecular complexity index is 792. The van der Waals surface area contributed by atoms with E-state index in [2.05, 4.69) is 60.6 Å². The van der Waals surface area contributed by atoms with Crippen molar-refractivity contribution in [1.29, 1.82) is 0 Å². The average molecular weight is 370 g/mol. The molecular weight excluding hydrogens is 354 g/mol. The second-order valence-electron chi connectivity index (χ2n) is 5.11. The van der Waals surface area contributed by atoms with Gasteiger partial charge in [0.25, 0.3) is 0 Å². The molecule has 6 heteroatoms. The van der Waals surface area contributed by atoms with Gasteiger partial charge in [-0.1, -0.05) is 12.1 Å². The number of pyridine rings is 1. The molecule has 0 unspecified atom stereocenters. The molecule has 23 heavy (non-hydrogen) atoms. The van der Waals surface area contributed by atoms with E-state index >= 15 is 0 Å². The SMILES string of the molecule is Cc1ccc(Nc2cc(NCc3cccnc3)ncn2)c(Br)c1. The maximum absolute atomic E-state index is 4.26. The van der Waals surface area contributed by atoms with Crippen LogP contribution in [0.4, 0.5) is 17.3 Å². The predicted molar refractivity (Wildman–Crippen MR) is 95.8 cm³/mol. The largest absolute Gasteiger partial charge is 0.366 e. The lowest BCUT2D eigenvalue weighted by Crippen LogP contribution is -2.03. The highest BCUT2D eigenvalue weighted by Gasteiger charge is 2.03. The normalized spacial score (nSPS) is 10.3. The Kier molecular flexibility index (Phi) is 4.83. The van der Waals surface area contributed by atoms with Gasteiger partial charge in [-0.2, -0.15) is 0 Å². The number of anilines is 3. The maximum atomic E-state index is 4.26. The molecule has 0 aliphatic heterocycles. The third-order valence-electron chi connectivity index (χ3n) is 3.25. The molecular formula is C17H16BrN5. The predicted octanol–water partition coefficient (Wildman–Crippen LogP) is 4.30. The van der Waals surface area contributed by atoms with E-state index in [-0.39, 0.29) is 0 Å². The lowest BCUT2D eigenvalue weighted by atomic mass is 10.2. The molecule has 3 rings (SSSR count). The molecule has 2 heterocycles. The number of hydrogen-bond donors (Lipinski definition) is 2. The van der Waals surface area contributed by atoms with Gasteiger partial charge < -0.3 is 10.6 Å². The molecule has 0 radical (unpaired) electrons. The van der Waals surface area contributed by atoms with Crippen LogP contribution in [0.2, 0.25) is 0 Å². The van der Waals surface area contributed by atoms with Gasteiger partial charge in [-0.15, -0.1) is 0 Å². The zero-order valence-corrected chi connectivity index (χ0v) is 14.2. The smallest absolute Gasteiger partial charge is 0.135 e. The summed E-state index contributed by atoms with van der Waals surface area (Å²) in [6.07, 6.45) is 5.13. The summed E-state index contributed by atoms with van der Waals surface area (Å²) in [5, 5.41) is 6.56. The van der Waals surface area contributed by atoms with Crippen molar-refractivity contribution in [3.05, 3.63) is 70.7 Å². The molecule has 116 valence electrons. The first kappa shape index (κ1) is 15.4. The minimum Gasteiger partial charge on any atom is -0.366 e. The molecule has 2 N–H and O–H groups in total. The van der Waals surface area contributed by atoms with Gasteiger partial charge in [0.1, 0.15) is 18.0 Å². The van der Waals surface area contributed by atoms with E-state index in [9.17, 15) is 0 Å². The summed E-state index contributed by atoms with van der Waals surface area (Å²) in [6, 6.07) is 11.9. The molecule has 0 saturated carbocycles. The summed E-state index contributed by atoms with van der Waals surface area (Å²) in [4.78, 5) is 12.6. The third kappa shape index (κ3) is 4.26. The maximum Gasteiger partial charge on any atom is 0.135 e. The van der Waals surface area contributed by atoms with Gasteiger partial charge in [0.05, 0.1) is 5.69 Å². The summed E-state index contributed by atoms with van der Waals surface area (Å²) < 4.78 is 1.00. The van der Waals surface area contributed by atoms with Crippen molar-refractivity contribution in [2.24, 2.45) is 0 Å². The monoisotopic (exact) mass is 369 g/mol. The second-order valence-corrected chi connectivity index (χ2v) is 5.97. The number of nitrogens with zero attached hydrogens (tertiary/aromatic N) is 3. The number of aryl methyl sites for hydroxylation is 1. The van der Waals surface area contributed by atoms with Crippen LogP contribution in [0.15, 0.2) is 59.6 Å². The van der Waals surface area contributed by atoms with Crippen molar-refractivity contribution >= 4 is 33.3 Å². The molecule has 0 saturated heterocycles. The van der Waals surface area contributed by atoms with Gasteiger partial charge in [0.15, 0.2) is 0 Å². The number of hydrogen-bond acceptors (Lipinski definition) is 5. The van der Waals surface area contributed by atoms with Crippen LogP contribution in [0.25, 0.3) is 0 Å². The molecule has 0 amide bonds. The molecule has 0 atom stereocenters. The summed E-state index contributed by atoms with van der Waals surface area (Å²) in [7, 11) is 0. The Morgan fingerprint density at radius 1 is 1.09 bits per heavy atom. The van der Waals surface area contributed by atoms with Crippen molar-refractivity contribution in [2.45, 2.75) is 13.5 Å². The van der Waals surface area contributed by atoms with E-state index < -0.39 is 0 Å². The fraction of sp³-hybridized carbons (Fsp3) is 0.118. The quantitative estimate of drug-likeness (QED) is 0.701. The molecule has 1 aromatic carbocycles. The van der Waals surface area contributed by atoms with Gasteiger partial charge in [-0.3, -0.25) is 4.98 Å². The number of aromatic nitrogens is 3. The van der Waals surface area contributed by atoms with Crippen molar-refractivity contribution in [1.82, 2.24) is 15.0 Å². The van der Waals surface area contributed by atoms with Crippen LogP contribution in [-0.2, 0) is 6.54 Å². The standard InChI is InChI=1S/C17H16BrN5/c1-12-4-5-15(14(18)7-12)23-17-8-16(21-11-22-17)20-10-13-3-2-6-19-9-13/h2-9,11H,10H2,1H3,(H2,20,21,22,23). The fourth-order valence-corrected chi connectivity index (χ4v) is 2.67. The Labute approximate surface area is 143 Å². The number of benzene rings is 1. The summed E-state index contributed by atoms with van der Waals surface area (Å²) >= 11 is 3.56. The first-order valence-electron chi connectivity index (χ1n) is 7.19. The second kappa shape index (κ2) is 7.19. The van der Waals surface area contributed by atoms with E-state index in [0.717, 1.165) is 27.4 Å². The number of rotatable bonds is 5. The van der Waals surface area contributed by atoms with Gasteiger partial charge >= 0.3 is 0 Å². The van der Waals surface area contributed by atoms with Crippen molar-refractivity contribution in [3.8, 4) is 0 Å². The molecule has 5 nitrogen and oxygen atoms in total. The zero-order valence-electron chi connectivity index (χ0n) is 12.6. The molecule has 0 fully saturated rings. The first-order valence-corrected chi connectivity index (χ1v) is 7.98. The zero-order chi connectivity index (χ0) is 16.1. The highest BCUT2D eigenvalue weighted by molar-refractivity contribution is 9.10. The minimum absolute atomic E-state index is 0.665. The highest BCUT2D eigenvalue weighted by atomic mass is 79.9. The lowest BCUT2D eigenvalue weighted by molar-refractivity contribution is 1.07. The van der Waals surface area contributed by atoms with Gasteiger partial charge in [-0.25, -0.2) is 9.97 Å². The molecule has 3 aromatic rings. The lowest BCUT2D eigenvalue weighted by Gasteiger charge is -2.10. The Balaban J connectivity index is 1.69. The summed E-state index contributed by atoms with van der Waals surface area (Å²) in [6.45, 7) is 2.72. The summed E-state index contributed by atoms with van der Waals surface area (Å²) in [5.74, 6) is 1.49. The highest BCUT2D eigenvalue weighted by Crippen LogP contribution is 2.26. The van der Waals surface area contributed by atoms with Crippen molar-refractivity contribution in [3.63, 3.8) is 0 Å².